The van der Waals surface area contributed by atoms with E-state index in [1.165, 1.54) is 10.6 Å². The molecule has 9 heteroatoms. The van der Waals surface area contributed by atoms with Crippen LogP contribution in [0.15, 0.2) is 96.3 Å². The van der Waals surface area contributed by atoms with Crippen molar-refractivity contribution in [2.75, 3.05) is 36.4 Å². The average Bonchev–Trinajstić information content (AvgIpc) is 2.90. The van der Waals surface area contributed by atoms with E-state index in [1.807, 2.05) is 66.7 Å². The normalized spacial score (nSPS) is 14.6. The molecule has 0 unspecified atom stereocenters. The summed E-state index contributed by atoms with van der Waals surface area (Å²) in [6.07, 6.45) is 3.21. The Hall–Kier alpha value is -3.82. The van der Waals surface area contributed by atoms with Gasteiger partial charge in [-0.3, -0.25) is 0 Å². The molecule has 0 radical (unpaired) electrons. The fourth-order valence-electron chi connectivity index (χ4n) is 3.91. The Kier molecular flexibility index (Phi) is 6.20. The summed E-state index contributed by atoms with van der Waals surface area (Å²) in [4.78, 5) is 15.3. The number of aromatic nitrogens is 3. The predicted octanol–water partition coefficient (Wildman–Crippen LogP) is 3.79. The minimum absolute atomic E-state index is 0.310. The highest BCUT2D eigenvalue weighted by atomic mass is 32.2. The topological polar surface area (TPSA) is 91.3 Å². The van der Waals surface area contributed by atoms with E-state index >= 15 is 0 Å². The molecule has 1 saturated heterocycles. The molecule has 0 spiro atoms. The van der Waals surface area contributed by atoms with Crippen LogP contribution in [0, 0.1) is 0 Å². The van der Waals surface area contributed by atoms with Crippen LogP contribution in [0.1, 0.15) is 0 Å². The van der Waals surface area contributed by atoms with Gasteiger partial charge in [-0.25, -0.2) is 23.4 Å². The third-order valence-corrected chi connectivity index (χ3v) is 7.65. The number of sulfonamides is 1. The largest absolute Gasteiger partial charge is 0.354 e. The van der Waals surface area contributed by atoms with Gasteiger partial charge in [-0.15, -0.1) is 0 Å². The van der Waals surface area contributed by atoms with Gasteiger partial charge in [-0.1, -0.05) is 48.5 Å². The number of hydrogen-bond acceptors (Lipinski definition) is 7. The van der Waals surface area contributed by atoms with E-state index in [1.54, 1.807) is 18.3 Å². The van der Waals surface area contributed by atoms with E-state index in [9.17, 15) is 8.42 Å². The van der Waals surface area contributed by atoms with Crippen molar-refractivity contribution < 1.29 is 8.42 Å². The fraction of sp³-hybridized carbons (Fsp3) is 0.160. The quantitative estimate of drug-likeness (QED) is 0.456. The molecule has 5 rings (SSSR count). The summed E-state index contributed by atoms with van der Waals surface area (Å²) in [7, 11) is -3.56. The summed E-state index contributed by atoms with van der Waals surface area (Å²) in [6.45, 7) is 1.86. The molecule has 0 amide bonds. The van der Waals surface area contributed by atoms with Gasteiger partial charge < -0.3 is 10.2 Å². The number of nitrogens with zero attached hydrogens (tertiary/aromatic N) is 5. The van der Waals surface area contributed by atoms with Crippen LogP contribution in [0.5, 0.6) is 0 Å². The molecule has 0 atom stereocenters. The van der Waals surface area contributed by atoms with Crippen molar-refractivity contribution in [1.29, 1.82) is 0 Å². The molecule has 4 aromatic rings. The van der Waals surface area contributed by atoms with Crippen molar-refractivity contribution in [3.63, 3.8) is 0 Å². The van der Waals surface area contributed by atoms with Gasteiger partial charge in [0.1, 0.15) is 23.8 Å². The molecule has 0 saturated carbocycles. The Morgan fingerprint density at radius 2 is 1.41 bits per heavy atom. The number of rotatable bonds is 6. The molecule has 1 N–H and O–H groups in total. The zero-order valence-corrected chi connectivity index (χ0v) is 19.3. The third-order valence-electron chi connectivity index (χ3n) is 5.74. The van der Waals surface area contributed by atoms with Crippen LogP contribution in [-0.2, 0) is 10.0 Å². The number of pyridine rings is 1. The van der Waals surface area contributed by atoms with Gasteiger partial charge in [0.2, 0.25) is 10.0 Å². The standard InChI is InChI=1S/C25H24N6O2S/c32-34(33,22-11-9-21(10-12-22)20-6-2-1-3-7-20)31-16-14-30(15-17-31)25-18-24(27-19-28-25)29-23-8-4-5-13-26-23/h1-13,18-19H,14-17H2,(H,26,27,28,29). The molecule has 2 aromatic heterocycles. The number of piperazine rings is 1. The van der Waals surface area contributed by atoms with E-state index in [-0.39, 0.29) is 0 Å². The van der Waals surface area contributed by atoms with Gasteiger partial charge in [0.25, 0.3) is 0 Å². The smallest absolute Gasteiger partial charge is 0.243 e. The second-order valence-electron chi connectivity index (χ2n) is 7.88. The van der Waals surface area contributed by atoms with Crippen molar-refractivity contribution in [1.82, 2.24) is 19.3 Å². The van der Waals surface area contributed by atoms with E-state index in [2.05, 4.69) is 25.2 Å². The Morgan fingerprint density at radius 3 is 2.12 bits per heavy atom. The third kappa shape index (κ3) is 4.75. The van der Waals surface area contributed by atoms with Crippen LogP contribution >= 0.6 is 0 Å². The lowest BCUT2D eigenvalue weighted by atomic mass is 10.1. The SMILES string of the molecule is O=S(=O)(c1ccc(-c2ccccc2)cc1)N1CCN(c2cc(Nc3ccccn3)ncn2)CC1. The lowest BCUT2D eigenvalue weighted by Gasteiger charge is -2.34. The van der Waals surface area contributed by atoms with E-state index in [0.717, 1.165) is 16.9 Å². The Morgan fingerprint density at radius 1 is 0.706 bits per heavy atom. The van der Waals surface area contributed by atoms with Crippen LogP contribution < -0.4 is 10.2 Å². The van der Waals surface area contributed by atoms with Crippen LogP contribution in [0.2, 0.25) is 0 Å². The summed E-state index contributed by atoms with van der Waals surface area (Å²) < 4.78 is 27.9. The monoisotopic (exact) mass is 472 g/mol. The summed E-state index contributed by atoms with van der Waals surface area (Å²) >= 11 is 0. The Labute approximate surface area is 199 Å². The highest BCUT2D eigenvalue weighted by Crippen LogP contribution is 2.25. The molecule has 172 valence electrons. The minimum atomic E-state index is -3.56. The average molecular weight is 473 g/mol. The highest BCUT2D eigenvalue weighted by Gasteiger charge is 2.29. The number of benzene rings is 2. The van der Waals surface area contributed by atoms with Crippen LogP contribution in [0.3, 0.4) is 0 Å². The second-order valence-corrected chi connectivity index (χ2v) is 9.82. The number of hydrogen-bond donors (Lipinski definition) is 1. The molecular weight excluding hydrogens is 448 g/mol. The zero-order valence-electron chi connectivity index (χ0n) is 18.4. The summed E-state index contributed by atoms with van der Waals surface area (Å²) in [5, 5.41) is 3.16. The van der Waals surface area contributed by atoms with Gasteiger partial charge in [0.05, 0.1) is 4.90 Å². The number of nitrogens with one attached hydrogen (secondary N) is 1. The van der Waals surface area contributed by atoms with E-state index in [0.29, 0.717) is 42.7 Å². The first-order valence-corrected chi connectivity index (χ1v) is 12.4. The minimum Gasteiger partial charge on any atom is -0.354 e. The maximum Gasteiger partial charge on any atom is 0.243 e. The molecule has 3 heterocycles. The fourth-order valence-corrected chi connectivity index (χ4v) is 5.34. The van der Waals surface area contributed by atoms with Crippen LogP contribution in [0.25, 0.3) is 11.1 Å². The maximum absolute atomic E-state index is 13.2. The first-order chi connectivity index (χ1) is 16.6. The van der Waals surface area contributed by atoms with Crippen molar-refractivity contribution in [3.8, 4) is 11.1 Å². The zero-order chi connectivity index (χ0) is 23.4. The van der Waals surface area contributed by atoms with Crippen molar-refractivity contribution in [2.45, 2.75) is 4.90 Å². The Bertz CT molecular complexity index is 1340. The maximum atomic E-state index is 13.2. The molecule has 1 fully saturated rings. The van der Waals surface area contributed by atoms with Crippen molar-refractivity contribution >= 4 is 27.5 Å². The van der Waals surface area contributed by atoms with Crippen molar-refractivity contribution in [2.24, 2.45) is 0 Å². The predicted molar refractivity (Wildman–Crippen MR) is 132 cm³/mol. The van der Waals surface area contributed by atoms with Crippen LogP contribution in [-0.4, -0.2) is 53.9 Å². The van der Waals surface area contributed by atoms with Gasteiger partial charge in [-0.05, 0) is 35.4 Å². The summed E-state index contributed by atoms with van der Waals surface area (Å²) in [5.41, 5.74) is 2.05. The lowest BCUT2D eigenvalue weighted by molar-refractivity contribution is 0.384. The highest BCUT2D eigenvalue weighted by molar-refractivity contribution is 7.89. The first-order valence-electron chi connectivity index (χ1n) is 11.0. The molecule has 0 bridgehead atoms. The van der Waals surface area contributed by atoms with Gasteiger partial charge in [0, 0.05) is 38.4 Å². The molecule has 1 aliphatic heterocycles. The second kappa shape index (κ2) is 9.58. The first kappa shape index (κ1) is 22.0. The molecule has 34 heavy (non-hydrogen) atoms. The van der Waals surface area contributed by atoms with Gasteiger partial charge >= 0.3 is 0 Å². The molecule has 8 nitrogen and oxygen atoms in total. The summed E-state index contributed by atoms with van der Waals surface area (Å²) in [6, 6.07) is 24.4. The van der Waals surface area contributed by atoms with Crippen LogP contribution in [0.4, 0.5) is 17.5 Å². The van der Waals surface area contributed by atoms with Crippen molar-refractivity contribution in [3.05, 3.63) is 91.4 Å². The molecular formula is C25H24N6O2S. The van der Waals surface area contributed by atoms with Gasteiger partial charge in [0.15, 0.2) is 0 Å². The van der Waals surface area contributed by atoms with Gasteiger partial charge in [-0.2, -0.15) is 4.31 Å². The molecule has 2 aromatic carbocycles. The Balaban J connectivity index is 1.25. The summed E-state index contributed by atoms with van der Waals surface area (Å²) in [5.74, 6) is 2.08. The number of anilines is 3. The molecule has 1 aliphatic rings. The lowest BCUT2D eigenvalue weighted by Crippen LogP contribution is -2.48. The van der Waals surface area contributed by atoms with E-state index < -0.39 is 10.0 Å². The molecule has 0 aliphatic carbocycles. The van der Waals surface area contributed by atoms with E-state index in [4.69, 9.17) is 0 Å².